The Balaban J connectivity index is 1.45. The summed E-state index contributed by atoms with van der Waals surface area (Å²) >= 11 is 0. The first-order valence-corrected chi connectivity index (χ1v) is 32.7. The van der Waals surface area contributed by atoms with Crippen molar-refractivity contribution in [1.82, 2.24) is 5.32 Å². The third-order valence-corrected chi connectivity index (χ3v) is 16.0. The van der Waals surface area contributed by atoms with Gasteiger partial charge in [-0.1, -0.05) is 202 Å². The first-order chi connectivity index (χ1) is 41.3. The van der Waals surface area contributed by atoms with E-state index in [-0.39, 0.29) is 18.9 Å². The van der Waals surface area contributed by atoms with E-state index in [9.17, 15) is 61.0 Å². The average molecular weight is 1210 g/mol. The number of hydrogen-bond donors (Lipinski definition) is 12. The fourth-order valence-electron chi connectivity index (χ4n) is 10.7. The number of unbranched alkanes of at least 4 members (excludes halogenated alkanes) is 22. The fourth-order valence-corrected chi connectivity index (χ4v) is 10.7. The van der Waals surface area contributed by atoms with Crippen LogP contribution in [0.4, 0.5) is 0 Å². The second kappa shape index (κ2) is 48.1. The summed E-state index contributed by atoms with van der Waals surface area (Å²) in [4.78, 5) is 13.4. The highest BCUT2D eigenvalue weighted by Crippen LogP contribution is 2.33. The second-order valence-corrected chi connectivity index (χ2v) is 23.2. The lowest BCUT2D eigenvalue weighted by molar-refractivity contribution is -0.379. The lowest BCUT2D eigenvalue weighted by atomic mass is 9.96. The summed E-state index contributed by atoms with van der Waals surface area (Å²) in [6.45, 7) is 1.58. The Kier molecular flexibility index (Phi) is 43.3. The van der Waals surface area contributed by atoms with Gasteiger partial charge in [-0.2, -0.15) is 0 Å². The van der Waals surface area contributed by atoms with Gasteiger partial charge in [-0.3, -0.25) is 4.79 Å². The van der Waals surface area contributed by atoms with Crippen molar-refractivity contribution in [3.05, 3.63) is 72.9 Å². The predicted octanol–water partition coefficient (Wildman–Crippen LogP) is 7.38. The molecule has 3 heterocycles. The van der Waals surface area contributed by atoms with Gasteiger partial charge in [0, 0.05) is 6.42 Å². The number of aliphatic hydroxyl groups excluding tert-OH is 11. The molecular weight excluding hydrogens is 1090 g/mol. The largest absolute Gasteiger partial charge is 0.394 e. The third-order valence-electron chi connectivity index (χ3n) is 16.0. The van der Waals surface area contributed by atoms with Crippen LogP contribution in [0.1, 0.15) is 206 Å². The summed E-state index contributed by atoms with van der Waals surface area (Å²) in [5.74, 6) is -0.291. The maximum Gasteiger partial charge on any atom is 0.220 e. The minimum atomic E-state index is -1.98. The van der Waals surface area contributed by atoms with Crippen LogP contribution in [-0.4, -0.2) is 193 Å². The zero-order valence-corrected chi connectivity index (χ0v) is 51.6. The van der Waals surface area contributed by atoms with Crippen LogP contribution in [0.5, 0.6) is 0 Å². The van der Waals surface area contributed by atoms with Crippen molar-refractivity contribution in [3.63, 3.8) is 0 Å². The Morgan fingerprint density at radius 1 is 0.435 bits per heavy atom. The molecule has 0 spiro atoms. The average Bonchev–Trinajstić information content (AvgIpc) is 3.63. The molecule has 17 unspecified atom stereocenters. The molecule has 17 atom stereocenters. The molecule has 0 bridgehead atoms. The van der Waals surface area contributed by atoms with Crippen molar-refractivity contribution in [2.24, 2.45) is 0 Å². The Morgan fingerprint density at radius 3 is 1.32 bits per heavy atom. The zero-order valence-electron chi connectivity index (χ0n) is 51.6. The minimum absolute atomic E-state index is 0.230. The lowest BCUT2D eigenvalue weighted by Gasteiger charge is -2.48. The number of carbonyl (C=O) groups excluding carboxylic acids is 1. The fraction of sp³-hybridized carbons (Fsp3) is 0.803. The van der Waals surface area contributed by atoms with Gasteiger partial charge in [-0.15, -0.1) is 0 Å². The van der Waals surface area contributed by atoms with Crippen molar-refractivity contribution in [2.75, 3.05) is 26.4 Å². The molecule has 3 aliphatic rings. The second-order valence-electron chi connectivity index (χ2n) is 23.2. The predicted molar refractivity (Wildman–Crippen MR) is 328 cm³/mol. The number of allylic oxidation sites excluding steroid dienone is 11. The van der Waals surface area contributed by atoms with Crippen molar-refractivity contribution >= 4 is 5.91 Å². The van der Waals surface area contributed by atoms with Gasteiger partial charge in [-0.05, 0) is 70.6 Å². The van der Waals surface area contributed by atoms with E-state index in [1.54, 1.807) is 6.08 Å². The van der Waals surface area contributed by atoms with Crippen LogP contribution in [0.2, 0.25) is 0 Å². The van der Waals surface area contributed by atoms with E-state index in [0.717, 1.165) is 77.0 Å². The molecule has 1 amide bonds. The molecule has 0 aromatic rings. The summed E-state index contributed by atoms with van der Waals surface area (Å²) in [5.41, 5.74) is 0. The van der Waals surface area contributed by atoms with Gasteiger partial charge < -0.3 is 89.9 Å². The van der Waals surface area contributed by atoms with Gasteiger partial charge >= 0.3 is 0 Å². The Labute approximate surface area is 508 Å². The Bertz CT molecular complexity index is 1830. The molecule has 0 radical (unpaired) electrons. The number of nitrogens with one attached hydrogen (secondary N) is 1. The van der Waals surface area contributed by atoms with Crippen molar-refractivity contribution in [1.29, 1.82) is 0 Å². The van der Waals surface area contributed by atoms with Crippen LogP contribution in [0.15, 0.2) is 72.9 Å². The monoisotopic (exact) mass is 1210 g/mol. The number of ether oxygens (including phenoxy) is 6. The summed E-state index contributed by atoms with van der Waals surface area (Å²) in [6.07, 6.45) is 31.6. The van der Waals surface area contributed by atoms with Crippen molar-refractivity contribution in [2.45, 2.75) is 311 Å². The number of aliphatic hydroxyl groups is 11. The number of hydrogen-bond acceptors (Lipinski definition) is 18. The molecule has 19 heteroatoms. The molecule has 3 aliphatic heterocycles. The summed E-state index contributed by atoms with van der Waals surface area (Å²) < 4.78 is 34.3. The van der Waals surface area contributed by atoms with E-state index in [0.29, 0.717) is 12.8 Å². The summed E-state index contributed by atoms with van der Waals surface area (Å²) in [6, 6.07) is -0.994. The molecule has 12 N–H and O–H groups in total. The van der Waals surface area contributed by atoms with Crippen LogP contribution in [0.3, 0.4) is 0 Å². The number of amides is 1. The topological polar surface area (TPSA) is 307 Å². The molecule has 0 aromatic carbocycles. The van der Waals surface area contributed by atoms with E-state index in [4.69, 9.17) is 28.4 Å². The SMILES string of the molecule is CC/C=C\C/C=C\C/C=C\C/C=C\CCCCCCCCCCCCCCC(=O)NC(COC1OC(CO)C(OC2OC(CO)C(OC3OC(CO)C(O)C(O)C3O)C(O)C2O)C(O)C1O)C(O)/C=C/CC/C=C/CCCCCCCCCCC. The van der Waals surface area contributed by atoms with Crippen LogP contribution >= 0.6 is 0 Å². The number of carbonyl (C=O) groups is 1. The van der Waals surface area contributed by atoms with Gasteiger partial charge in [0.25, 0.3) is 0 Å². The van der Waals surface area contributed by atoms with E-state index in [1.165, 1.54) is 96.3 Å². The van der Waals surface area contributed by atoms with Crippen molar-refractivity contribution in [3.8, 4) is 0 Å². The lowest BCUT2D eigenvalue weighted by Crippen LogP contribution is -2.66. The molecule has 85 heavy (non-hydrogen) atoms. The summed E-state index contributed by atoms with van der Waals surface area (Å²) in [7, 11) is 0. The van der Waals surface area contributed by atoms with Gasteiger partial charge in [0.2, 0.25) is 5.91 Å². The normalized spacial score (nSPS) is 29.4. The maximum absolute atomic E-state index is 13.4. The Morgan fingerprint density at radius 2 is 0.824 bits per heavy atom. The zero-order chi connectivity index (χ0) is 61.9. The molecule has 3 rings (SSSR count). The van der Waals surface area contributed by atoms with Gasteiger partial charge in [0.15, 0.2) is 18.9 Å². The summed E-state index contributed by atoms with van der Waals surface area (Å²) in [5, 5.41) is 120. The highest BCUT2D eigenvalue weighted by atomic mass is 16.8. The van der Waals surface area contributed by atoms with Crippen LogP contribution in [0.25, 0.3) is 0 Å². The van der Waals surface area contributed by atoms with E-state index >= 15 is 0 Å². The van der Waals surface area contributed by atoms with E-state index < -0.39 is 124 Å². The highest BCUT2D eigenvalue weighted by Gasteiger charge is 2.53. The number of rotatable bonds is 48. The van der Waals surface area contributed by atoms with Crippen molar-refractivity contribution < 1.29 is 89.4 Å². The van der Waals surface area contributed by atoms with Gasteiger partial charge in [0.05, 0.1) is 38.6 Å². The first kappa shape index (κ1) is 76.5. The molecule has 3 fully saturated rings. The molecule has 3 saturated heterocycles. The van der Waals surface area contributed by atoms with Crippen LogP contribution < -0.4 is 5.32 Å². The molecule has 0 saturated carbocycles. The first-order valence-electron chi connectivity index (χ1n) is 32.7. The molecular formula is C66H115NO18. The molecule has 492 valence electrons. The quantitative estimate of drug-likeness (QED) is 0.0209. The molecule has 0 aliphatic carbocycles. The molecule has 19 nitrogen and oxygen atoms in total. The van der Waals surface area contributed by atoms with Gasteiger partial charge in [-0.25, -0.2) is 0 Å². The van der Waals surface area contributed by atoms with Crippen LogP contribution in [-0.2, 0) is 33.2 Å². The smallest absolute Gasteiger partial charge is 0.220 e. The van der Waals surface area contributed by atoms with Gasteiger partial charge in [0.1, 0.15) is 73.2 Å². The minimum Gasteiger partial charge on any atom is -0.394 e. The third kappa shape index (κ3) is 31.0. The molecule has 0 aromatic heterocycles. The Hall–Kier alpha value is -2.77. The highest BCUT2D eigenvalue weighted by molar-refractivity contribution is 5.76. The maximum atomic E-state index is 13.4. The van der Waals surface area contributed by atoms with E-state index in [1.807, 2.05) is 6.08 Å². The van der Waals surface area contributed by atoms with Crippen LogP contribution in [0, 0.1) is 0 Å². The standard InChI is InChI=1S/C66H115NO18/c1-3-5-7-9-11-13-15-17-19-20-21-22-23-24-25-26-27-28-30-32-34-36-38-40-42-44-54(72)67-49(50(71)43-41-39-37-35-33-31-29-18-16-14-12-10-8-6-4-2)48-80-64-60(78)57(75)62(52(46-69)82-64)85-66-61(79)58(76)63(53(47-70)83-66)84-65-59(77)56(74)55(73)51(45-68)81-65/h5,7,11,13,17,19,21-22,33,35,41,43,49-53,55-66,68-71,73-79H,3-4,6,8-10,12,14-16,18,20,23-32,34,36-40,42,44-48H2,1-2H3,(H,67,72)/b7-5-,13-11-,19-17-,22-21-,35-33+,43-41+. The van der Waals surface area contributed by atoms with E-state index in [2.05, 4.69) is 79.9 Å².